The molecule has 1 amide bonds. The Kier molecular flexibility index (Phi) is 2.98. The minimum atomic E-state index is -0.796. The number of aliphatic hydroxyl groups excluding tert-OH is 1. The van der Waals surface area contributed by atoms with E-state index in [1.165, 1.54) is 11.1 Å². The normalized spacial score (nSPS) is 38.6. The lowest BCUT2D eigenvalue weighted by atomic mass is 9.51. The van der Waals surface area contributed by atoms with E-state index in [0.717, 1.165) is 37.8 Å². The summed E-state index contributed by atoms with van der Waals surface area (Å²) in [6, 6.07) is 8.72. The van der Waals surface area contributed by atoms with Gasteiger partial charge in [-0.2, -0.15) is 0 Å². The van der Waals surface area contributed by atoms with Crippen LogP contribution in [-0.4, -0.2) is 48.9 Å². The highest BCUT2D eigenvalue weighted by atomic mass is 16.4. The number of nitrogens with zero attached hydrogens (tertiary/aromatic N) is 3. The molecule has 2 aromatic rings. The summed E-state index contributed by atoms with van der Waals surface area (Å²) in [5, 5.41) is 20.8. The monoisotopic (exact) mass is 365 g/mol. The van der Waals surface area contributed by atoms with Crippen molar-refractivity contribution in [2.24, 2.45) is 11.3 Å². The zero-order valence-electron chi connectivity index (χ0n) is 15.0. The summed E-state index contributed by atoms with van der Waals surface area (Å²) in [4.78, 5) is 17.6. The van der Waals surface area contributed by atoms with Crippen LogP contribution in [0.2, 0.25) is 0 Å². The maximum atomic E-state index is 11.6. The maximum Gasteiger partial charge on any atom is 0.407 e. The molecule has 6 rings (SSSR count). The van der Waals surface area contributed by atoms with Crippen molar-refractivity contribution in [3.63, 3.8) is 0 Å². The van der Waals surface area contributed by atoms with Gasteiger partial charge >= 0.3 is 6.09 Å². The number of hydrogen-bond acceptors (Lipinski definition) is 3. The Hall–Kier alpha value is -2.34. The first-order valence-electron chi connectivity index (χ1n) is 9.89. The molecular formula is C21H23N3O3. The highest BCUT2D eigenvalue weighted by molar-refractivity contribution is 5.69. The average Bonchev–Trinajstić information content (AvgIpc) is 3.32. The molecule has 0 unspecified atom stereocenters. The number of imidazole rings is 1. The molecule has 2 bridgehead atoms. The smallest absolute Gasteiger partial charge is 0.407 e. The summed E-state index contributed by atoms with van der Waals surface area (Å²) in [5.41, 5.74) is 3.51. The molecular weight excluding hydrogens is 342 g/mol. The van der Waals surface area contributed by atoms with Gasteiger partial charge in [0.25, 0.3) is 0 Å². The molecule has 0 radical (unpaired) electrons. The van der Waals surface area contributed by atoms with E-state index >= 15 is 0 Å². The van der Waals surface area contributed by atoms with Gasteiger partial charge in [0.05, 0.1) is 30.4 Å². The standard InChI is InChI=1S/C21H23N3O3/c25-19-16(9-21(19)7-12-5-6-13(8-21)24(12)20(26)27)18-15-4-2-1-3-14(15)17-10-22-11-23(17)18/h1-4,10-13,16,18-19,25H,5-9H2,(H,26,27)/t12-,13+,16-,18+,19+,21-/m1/s1. The van der Waals surface area contributed by atoms with E-state index in [2.05, 4.69) is 33.8 Å². The summed E-state index contributed by atoms with van der Waals surface area (Å²) >= 11 is 0. The first-order chi connectivity index (χ1) is 13.1. The molecule has 6 heteroatoms. The van der Waals surface area contributed by atoms with Crippen LogP contribution in [0.25, 0.3) is 11.3 Å². The van der Waals surface area contributed by atoms with Crippen LogP contribution in [-0.2, 0) is 0 Å². The molecule has 6 nitrogen and oxygen atoms in total. The van der Waals surface area contributed by atoms with Crippen LogP contribution in [0.1, 0.15) is 43.7 Å². The number of benzene rings is 1. The number of carbonyl (C=O) groups is 1. The number of fused-ring (bicyclic) bond motifs is 5. The lowest BCUT2D eigenvalue weighted by Gasteiger charge is -2.59. The fourth-order valence-corrected chi connectivity index (χ4v) is 6.69. The van der Waals surface area contributed by atoms with Crippen molar-refractivity contribution in [2.75, 3.05) is 0 Å². The SMILES string of the molecule is O=C(O)N1[C@@H]2CC[C@H]1C[C@@]1(C[C@H]([C@@H]3c4ccccc4-c4cncn43)[C@@H]1O)C2. The van der Waals surface area contributed by atoms with Crippen LogP contribution < -0.4 is 0 Å². The van der Waals surface area contributed by atoms with Crippen LogP contribution in [0.5, 0.6) is 0 Å². The van der Waals surface area contributed by atoms with Crippen LogP contribution in [0.4, 0.5) is 4.79 Å². The first kappa shape index (κ1) is 15.7. The number of rotatable bonds is 1. The number of carboxylic acid groups (broad SMARTS) is 1. The van der Waals surface area contributed by atoms with Gasteiger partial charge in [-0.25, -0.2) is 9.78 Å². The molecule has 1 spiro atoms. The van der Waals surface area contributed by atoms with Gasteiger partial charge in [-0.3, -0.25) is 0 Å². The van der Waals surface area contributed by atoms with Gasteiger partial charge in [0.1, 0.15) is 0 Å². The van der Waals surface area contributed by atoms with Crippen molar-refractivity contribution >= 4 is 6.09 Å². The Morgan fingerprint density at radius 2 is 1.89 bits per heavy atom. The third kappa shape index (κ3) is 1.89. The van der Waals surface area contributed by atoms with E-state index in [1.54, 1.807) is 4.90 Å². The molecule has 6 atom stereocenters. The van der Waals surface area contributed by atoms with Gasteiger partial charge in [0, 0.05) is 29.0 Å². The van der Waals surface area contributed by atoms with Gasteiger partial charge in [0.15, 0.2) is 0 Å². The van der Waals surface area contributed by atoms with Gasteiger partial charge < -0.3 is 19.7 Å². The van der Waals surface area contributed by atoms with Crippen molar-refractivity contribution in [3.05, 3.63) is 42.4 Å². The third-order valence-electron chi connectivity index (χ3n) is 7.73. The largest absolute Gasteiger partial charge is 0.465 e. The van der Waals surface area contributed by atoms with Gasteiger partial charge in [-0.05, 0) is 37.7 Å². The number of piperidine rings is 1. The molecule has 4 heterocycles. The predicted molar refractivity (Wildman–Crippen MR) is 98.3 cm³/mol. The summed E-state index contributed by atoms with van der Waals surface area (Å²) < 4.78 is 2.21. The number of aromatic nitrogens is 2. The Bertz CT molecular complexity index is 924. The minimum Gasteiger partial charge on any atom is -0.465 e. The van der Waals surface area contributed by atoms with E-state index in [-0.39, 0.29) is 35.6 Å². The molecule has 1 saturated carbocycles. The Balaban J connectivity index is 1.31. The second-order valence-electron chi connectivity index (χ2n) is 8.88. The van der Waals surface area contributed by atoms with Crippen LogP contribution >= 0.6 is 0 Å². The lowest BCUT2D eigenvalue weighted by Crippen LogP contribution is -2.62. The van der Waals surface area contributed by atoms with E-state index in [0.29, 0.717) is 0 Å². The van der Waals surface area contributed by atoms with E-state index in [4.69, 9.17) is 0 Å². The van der Waals surface area contributed by atoms with Gasteiger partial charge in [-0.1, -0.05) is 24.3 Å². The predicted octanol–water partition coefficient (Wildman–Crippen LogP) is 3.12. The molecule has 1 aromatic heterocycles. The van der Waals surface area contributed by atoms with Crippen LogP contribution in [0.3, 0.4) is 0 Å². The maximum absolute atomic E-state index is 11.6. The molecule has 3 fully saturated rings. The summed E-state index contributed by atoms with van der Waals surface area (Å²) in [7, 11) is 0. The molecule has 4 aliphatic rings. The Labute approximate surface area is 157 Å². The molecule has 140 valence electrons. The molecule has 3 aliphatic heterocycles. The van der Waals surface area contributed by atoms with Crippen molar-refractivity contribution in [3.8, 4) is 11.3 Å². The van der Waals surface area contributed by atoms with Crippen molar-refractivity contribution in [1.82, 2.24) is 14.5 Å². The number of aliphatic hydroxyl groups is 1. The molecule has 2 N–H and O–H groups in total. The Morgan fingerprint density at radius 3 is 2.59 bits per heavy atom. The lowest BCUT2D eigenvalue weighted by molar-refractivity contribution is -0.166. The highest BCUT2D eigenvalue weighted by Gasteiger charge is 2.62. The van der Waals surface area contributed by atoms with Gasteiger partial charge in [0.2, 0.25) is 0 Å². The minimum absolute atomic E-state index is 0.0801. The molecule has 27 heavy (non-hydrogen) atoms. The first-order valence-corrected chi connectivity index (χ1v) is 9.89. The van der Waals surface area contributed by atoms with Crippen molar-refractivity contribution in [1.29, 1.82) is 0 Å². The van der Waals surface area contributed by atoms with Crippen LogP contribution in [0.15, 0.2) is 36.8 Å². The second-order valence-corrected chi connectivity index (χ2v) is 8.88. The molecule has 1 aromatic carbocycles. The van der Waals surface area contributed by atoms with Gasteiger partial charge in [-0.15, -0.1) is 0 Å². The summed E-state index contributed by atoms with van der Waals surface area (Å²) in [6.07, 6.45) is 7.06. The zero-order valence-corrected chi connectivity index (χ0v) is 15.0. The fourth-order valence-electron chi connectivity index (χ4n) is 6.69. The number of hydrogen-bond donors (Lipinski definition) is 2. The zero-order chi connectivity index (χ0) is 18.3. The average molecular weight is 365 g/mol. The quantitative estimate of drug-likeness (QED) is 0.814. The summed E-state index contributed by atoms with van der Waals surface area (Å²) in [6.45, 7) is 0. The van der Waals surface area contributed by atoms with E-state index in [1.807, 2.05) is 12.5 Å². The number of amides is 1. The summed E-state index contributed by atoms with van der Waals surface area (Å²) in [5.74, 6) is 0.164. The van der Waals surface area contributed by atoms with E-state index in [9.17, 15) is 15.0 Å². The van der Waals surface area contributed by atoms with Crippen molar-refractivity contribution in [2.45, 2.75) is 56.3 Å². The third-order valence-corrected chi connectivity index (χ3v) is 7.73. The highest BCUT2D eigenvalue weighted by Crippen LogP contribution is 2.62. The van der Waals surface area contributed by atoms with Crippen molar-refractivity contribution < 1.29 is 15.0 Å². The fraction of sp³-hybridized carbons (Fsp3) is 0.524. The molecule has 1 aliphatic carbocycles. The topological polar surface area (TPSA) is 78.6 Å². The molecule has 2 saturated heterocycles. The van der Waals surface area contributed by atoms with Crippen LogP contribution in [0, 0.1) is 11.3 Å². The van der Waals surface area contributed by atoms with E-state index < -0.39 is 6.09 Å². The second kappa shape index (κ2) is 5.13. The Morgan fingerprint density at radius 1 is 1.15 bits per heavy atom.